The van der Waals surface area contributed by atoms with Crippen LogP contribution >= 0.6 is 0 Å². The van der Waals surface area contributed by atoms with Crippen LogP contribution in [0.5, 0.6) is 0 Å². The fourth-order valence-corrected chi connectivity index (χ4v) is 1.15. The van der Waals surface area contributed by atoms with Gasteiger partial charge in [-0.05, 0) is 37.5 Å². The third-order valence-electron chi connectivity index (χ3n) is 3.06. The van der Waals surface area contributed by atoms with Crippen LogP contribution in [0.4, 0.5) is 0 Å². The summed E-state index contributed by atoms with van der Waals surface area (Å²) in [5.74, 6) is -0.490. The third kappa shape index (κ3) is 26.4. The molecule has 161 valence electrons. The molecule has 0 atom stereocenters. The molecule has 0 aromatic rings. The van der Waals surface area contributed by atoms with E-state index >= 15 is 0 Å². The van der Waals surface area contributed by atoms with Crippen LogP contribution < -0.4 is 15.3 Å². The minimum Gasteiger partial charge on any atom is -0.875 e. The average molecular weight is 437 g/mol. The minimum atomic E-state index is -0.0816. The quantitative estimate of drug-likeness (QED) is 0.308. The summed E-state index contributed by atoms with van der Waals surface area (Å²) in [6.45, 7) is 10.4. The Bertz CT molecular complexity index is 457. The van der Waals surface area contributed by atoms with Gasteiger partial charge in [0.15, 0.2) is 17.3 Å². The summed E-state index contributed by atoms with van der Waals surface area (Å²) in [7, 11) is 0. The van der Waals surface area contributed by atoms with E-state index < -0.39 is 0 Å². The molecule has 0 N–H and O–H groups in total. The molecule has 0 aliphatic carbocycles. The number of ketones is 3. The van der Waals surface area contributed by atoms with E-state index in [1.54, 1.807) is 41.5 Å². The van der Waals surface area contributed by atoms with E-state index in [4.69, 9.17) is 0 Å². The van der Waals surface area contributed by atoms with Gasteiger partial charge in [-0.1, -0.05) is 41.5 Å². The minimum absolute atomic E-state index is 0. The molecule has 6 nitrogen and oxygen atoms in total. The van der Waals surface area contributed by atoms with Crippen LogP contribution in [0.1, 0.15) is 80.1 Å². The predicted molar refractivity (Wildman–Crippen MR) is 101 cm³/mol. The molecule has 0 bridgehead atoms. The molecule has 0 unspecified atom stereocenters. The first-order valence-electron chi connectivity index (χ1n) is 9.32. The molecule has 0 saturated carbocycles. The Balaban J connectivity index is -0.000000152. The van der Waals surface area contributed by atoms with Crippen molar-refractivity contribution in [3.63, 3.8) is 0 Å². The summed E-state index contributed by atoms with van der Waals surface area (Å²) in [6.07, 6.45) is 6.03. The molecule has 0 aromatic carbocycles. The van der Waals surface area contributed by atoms with Gasteiger partial charge < -0.3 is 15.3 Å². The van der Waals surface area contributed by atoms with Gasteiger partial charge in [0.2, 0.25) is 0 Å². The van der Waals surface area contributed by atoms with Gasteiger partial charge >= 0.3 is 17.1 Å². The van der Waals surface area contributed by atoms with Crippen molar-refractivity contribution in [3.8, 4) is 0 Å². The smallest absolute Gasteiger partial charge is 0.875 e. The number of allylic oxidation sites excluding steroid dienone is 6. The maximum Gasteiger partial charge on any atom is 3.00 e. The Hall–Kier alpha value is -1.85. The molecule has 0 heterocycles. The SMILES string of the molecule is CCC(=O)C=C([O-])CC.CCC(=O)C=C([O-])CC.CCC(=O)C=C([O-])CC.[Fe+3]. The van der Waals surface area contributed by atoms with Crippen LogP contribution in [0.15, 0.2) is 35.5 Å². The maximum atomic E-state index is 10.5. The maximum absolute atomic E-state index is 10.5. The van der Waals surface area contributed by atoms with Gasteiger partial charge in [-0.25, -0.2) is 0 Å². The Kier molecular flexibility index (Phi) is 27.9. The second kappa shape index (κ2) is 23.2. The summed E-state index contributed by atoms with van der Waals surface area (Å²) in [5.41, 5.74) is 0. The summed E-state index contributed by atoms with van der Waals surface area (Å²) in [5, 5.41) is 31.5. The molecule has 0 saturated heterocycles. The summed E-state index contributed by atoms with van der Waals surface area (Å²) in [6, 6.07) is 0. The van der Waals surface area contributed by atoms with Gasteiger partial charge in [-0.3, -0.25) is 14.4 Å². The first-order chi connectivity index (χ1) is 12.6. The van der Waals surface area contributed by atoms with Crippen LogP contribution in [0.25, 0.3) is 0 Å². The first-order valence-corrected chi connectivity index (χ1v) is 9.32. The fourth-order valence-electron chi connectivity index (χ4n) is 1.15. The zero-order chi connectivity index (χ0) is 21.8. The molecule has 28 heavy (non-hydrogen) atoms. The molecule has 0 fully saturated rings. The van der Waals surface area contributed by atoms with E-state index in [-0.39, 0.29) is 51.7 Å². The van der Waals surface area contributed by atoms with Crippen molar-refractivity contribution in [2.24, 2.45) is 0 Å². The molecule has 7 heteroatoms. The Labute approximate surface area is 179 Å². The van der Waals surface area contributed by atoms with Crippen molar-refractivity contribution in [1.29, 1.82) is 0 Å². The summed E-state index contributed by atoms with van der Waals surface area (Å²) >= 11 is 0. The Morgan fingerprint density at radius 1 is 0.500 bits per heavy atom. The molecule has 0 amide bonds. The Morgan fingerprint density at radius 2 is 0.679 bits per heavy atom. The number of hydrogen-bond donors (Lipinski definition) is 0. The standard InChI is InChI=1S/3C7H12O2.Fe/c3*1-3-6(8)5-7(9)4-2;/h3*5,8H,3-4H2,1-2H3;/q;;;+3/p-3. The van der Waals surface area contributed by atoms with E-state index in [9.17, 15) is 29.7 Å². The number of hydrogen-bond acceptors (Lipinski definition) is 6. The van der Waals surface area contributed by atoms with E-state index in [1.165, 1.54) is 18.2 Å². The van der Waals surface area contributed by atoms with Crippen LogP contribution in [0, 0.1) is 0 Å². The van der Waals surface area contributed by atoms with Gasteiger partial charge in [0.25, 0.3) is 0 Å². The third-order valence-corrected chi connectivity index (χ3v) is 3.06. The van der Waals surface area contributed by atoms with Gasteiger partial charge in [0.05, 0.1) is 0 Å². The van der Waals surface area contributed by atoms with Gasteiger partial charge in [0.1, 0.15) is 0 Å². The summed E-state index contributed by atoms with van der Waals surface area (Å²) in [4.78, 5) is 31.5. The first kappa shape index (κ1) is 33.7. The molecular weight excluding hydrogens is 404 g/mol. The van der Waals surface area contributed by atoms with E-state index in [0.717, 1.165) is 0 Å². The molecular formula is C21H33FeO6. The van der Waals surface area contributed by atoms with Crippen molar-refractivity contribution in [2.75, 3.05) is 0 Å². The molecule has 0 aliphatic heterocycles. The van der Waals surface area contributed by atoms with Crippen molar-refractivity contribution in [3.05, 3.63) is 35.5 Å². The average Bonchev–Trinajstić information content (AvgIpc) is 2.67. The topological polar surface area (TPSA) is 120 Å². The Morgan fingerprint density at radius 3 is 0.786 bits per heavy atom. The fraction of sp³-hybridized carbons (Fsp3) is 0.571. The second-order valence-corrected chi connectivity index (χ2v) is 5.35. The zero-order valence-electron chi connectivity index (χ0n) is 17.8. The second-order valence-electron chi connectivity index (χ2n) is 5.35. The molecule has 0 aromatic heterocycles. The van der Waals surface area contributed by atoms with Crippen LogP contribution in [-0.2, 0) is 31.5 Å². The zero-order valence-corrected chi connectivity index (χ0v) is 18.9. The van der Waals surface area contributed by atoms with Crippen LogP contribution in [0.2, 0.25) is 0 Å². The predicted octanol–water partition coefficient (Wildman–Crippen LogP) is 1.86. The normalized spacial score (nSPS) is 11.1. The van der Waals surface area contributed by atoms with Crippen molar-refractivity contribution in [2.45, 2.75) is 80.1 Å². The number of rotatable bonds is 9. The van der Waals surface area contributed by atoms with Crippen LogP contribution in [-0.4, -0.2) is 17.3 Å². The summed E-state index contributed by atoms with van der Waals surface area (Å²) < 4.78 is 0. The number of carbonyl (C=O) groups is 3. The molecule has 0 aliphatic rings. The van der Waals surface area contributed by atoms with Crippen molar-refractivity contribution < 1.29 is 46.8 Å². The van der Waals surface area contributed by atoms with Gasteiger partial charge in [-0.2, -0.15) is 0 Å². The molecule has 0 spiro atoms. The molecule has 1 radical (unpaired) electrons. The van der Waals surface area contributed by atoms with Crippen LogP contribution in [0.3, 0.4) is 0 Å². The largest absolute Gasteiger partial charge is 3.00 e. The van der Waals surface area contributed by atoms with Gasteiger partial charge in [-0.15, -0.1) is 17.3 Å². The van der Waals surface area contributed by atoms with Gasteiger partial charge in [0, 0.05) is 19.3 Å². The van der Waals surface area contributed by atoms with Crippen molar-refractivity contribution in [1.82, 2.24) is 0 Å². The van der Waals surface area contributed by atoms with Crippen molar-refractivity contribution >= 4 is 17.3 Å². The number of carbonyl (C=O) groups excluding carboxylic acids is 3. The molecule has 0 rings (SSSR count). The van der Waals surface area contributed by atoms with E-state index in [2.05, 4.69) is 0 Å². The van der Waals surface area contributed by atoms with E-state index in [0.29, 0.717) is 38.5 Å². The van der Waals surface area contributed by atoms with E-state index in [1.807, 2.05) is 0 Å². The monoisotopic (exact) mass is 437 g/mol.